The van der Waals surface area contributed by atoms with E-state index in [9.17, 15) is 8.42 Å². The first-order chi connectivity index (χ1) is 8.09. The van der Waals surface area contributed by atoms with Crippen molar-refractivity contribution in [3.8, 4) is 0 Å². The fraction of sp³-hybridized carbons (Fsp3) is 1.00. The Hall–Kier alpha value is -0.130. The molecule has 1 atom stereocenters. The molecule has 0 saturated heterocycles. The molecule has 0 aromatic heterocycles. The van der Waals surface area contributed by atoms with Gasteiger partial charge in [-0.15, -0.1) is 0 Å². The predicted molar refractivity (Wildman–Crippen MR) is 70.0 cm³/mol. The zero-order valence-corrected chi connectivity index (χ0v) is 11.8. The van der Waals surface area contributed by atoms with Crippen molar-refractivity contribution in [2.24, 2.45) is 5.92 Å². The molecule has 0 aromatic rings. The van der Waals surface area contributed by atoms with Gasteiger partial charge in [0.05, 0.1) is 11.5 Å². The summed E-state index contributed by atoms with van der Waals surface area (Å²) in [5.41, 5.74) is 0. The fourth-order valence-corrected chi connectivity index (χ4v) is 3.63. The van der Waals surface area contributed by atoms with E-state index in [-0.39, 0.29) is 11.8 Å². The molecule has 1 saturated carbocycles. The van der Waals surface area contributed by atoms with Gasteiger partial charge in [0.25, 0.3) is 0 Å². The molecular formula is C12H25NO3S. The Labute approximate surface area is 105 Å². The number of sulfone groups is 1. The molecule has 102 valence electrons. The van der Waals surface area contributed by atoms with E-state index in [1.807, 2.05) is 0 Å². The van der Waals surface area contributed by atoms with Gasteiger partial charge in [-0.3, -0.25) is 0 Å². The molecule has 0 spiro atoms. The first-order valence-electron chi connectivity index (χ1n) is 6.52. The number of rotatable bonds is 10. The summed E-state index contributed by atoms with van der Waals surface area (Å²) in [6.07, 6.45) is 4.00. The molecule has 1 aliphatic rings. The van der Waals surface area contributed by atoms with Crippen molar-refractivity contribution in [3.63, 3.8) is 0 Å². The Morgan fingerprint density at radius 3 is 2.65 bits per heavy atom. The summed E-state index contributed by atoms with van der Waals surface area (Å²) in [5, 5.41) is 3.37. The lowest BCUT2D eigenvalue weighted by molar-refractivity contribution is 0.199. The van der Waals surface area contributed by atoms with Crippen LogP contribution in [-0.2, 0) is 14.6 Å². The molecule has 0 amide bonds. The van der Waals surface area contributed by atoms with Crippen molar-refractivity contribution in [2.45, 2.75) is 38.6 Å². The Kier molecular flexibility index (Phi) is 6.44. The second-order valence-electron chi connectivity index (χ2n) is 4.86. The maximum atomic E-state index is 11.9. The van der Waals surface area contributed by atoms with E-state index in [0.717, 1.165) is 13.0 Å². The van der Waals surface area contributed by atoms with Gasteiger partial charge in [0.15, 0.2) is 9.84 Å². The number of hydrogen-bond acceptors (Lipinski definition) is 4. The van der Waals surface area contributed by atoms with Crippen LogP contribution in [0.25, 0.3) is 0 Å². The number of nitrogens with one attached hydrogen (secondary N) is 1. The third-order valence-corrected chi connectivity index (χ3v) is 4.86. The van der Waals surface area contributed by atoms with E-state index in [1.54, 1.807) is 7.11 Å². The Bertz CT molecular complexity index is 299. The molecule has 1 rings (SSSR count). The minimum absolute atomic E-state index is 0.169. The summed E-state index contributed by atoms with van der Waals surface area (Å²) in [5.74, 6) is 1.12. The van der Waals surface area contributed by atoms with Crippen molar-refractivity contribution < 1.29 is 13.2 Å². The minimum atomic E-state index is -2.93. The average Bonchev–Trinajstić information content (AvgIpc) is 3.08. The van der Waals surface area contributed by atoms with Gasteiger partial charge in [-0.25, -0.2) is 8.42 Å². The number of hydrogen-bond donors (Lipinski definition) is 1. The molecule has 0 heterocycles. The molecule has 4 nitrogen and oxygen atoms in total. The van der Waals surface area contributed by atoms with Gasteiger partial charge < -0.3 is 10.1 Å². The zero-order chi connectivity index (χ0) is 12.7. The lowest BCUT2D eigenvalue weighted by atomic mass is 10.2. The van der Waals surface area contributed by atoms with Crippen molar-refractivity contribution >= 4 is 9.84 Å². The highest BCUT2D eigenvalue weighted by Gasteiger charge is 2.33. The van der Waals surface area contributed by atoms with Gasteiger partial charge in [0.2, 0.25) is 0 Å². The Morgan fingerprint density at radius 2 is 2.12 bits per heavy atom. The number of ether oxygens (including phenoxy) is 1. The molecule has 17 heavy (non-hydrogen) atoms. The maximum Gasteiger partial charge on any atom is 0.151 e. The van der Waals surface area contributed by atoms with E-state index in [0.29, 0.717) is 24.7 Å². The minimum Gasteiger partial charge on any atom is -0.385 e. The van der Waals surface area contributed by atoms with E-state index in [2.05, 4.69) is 12.2 Å². The average molecular weight is 263 g/mol. The smallest absolute Gasteiger partial charge is 0.151 e. The normalized spacial score (nSPS) is 18.2. The maximum absolute atomic E-state index is 11.9. The fourth-order valence-electron chi connectivity index (χ4n) is 1.97. The van der Waals surface area contributed by atoms with Crippen LogP contribution >= 0.6 is 0 Å². The predicted octanol–water partition coefficient (Wildman–Crippen LogP) is 1.22. The quantitative estimate of drug-likeness (QED) is 0.602. The Morgan fingerprint density at radius 1 is 1.41 bits per heavy atom. The molecule has 1 N–H and O–H groups in total. The largest absolute Gasteiger partial charge is 0.385 e. The SMILES string of the molecule is CCCNC(CS(=O)(=O)CCCOC)C1CC1. The van der Waals surface area contributed by atoms with Crippen molar-refractivity contribution in [1.82, 2.24) is 5.32 Å². The zero-order valence-electron chi connectivity index (χ0n) is 10.9. The molecule has 0 aromatic carbocycles. The lowest BCUT2D eigenvalue weighted by Crippen LogP contribution is -2.38. The molecule has 1 unspecified atom stereocenters. The summed E-state index contributed by atoms with van der Waals surface area (Å²) >= 11 is 0. The molecule has 0 radical (unpaired) electrons. The highest BCUT2D eigenvalue weighted by molar-refractivity contribution is 7.91. The van der Waals surface area contributed by atoms with Gasteiger partial charge >= 0.3 is 0 Å². The van der Waals surface area contributed by atoms with Gasteiger partial charge in [0, 0.05) is 19.8 Å². The summed E-state index contributed by atoms with van der Waals surface area (Å²) in [4.78, 5) is 0. The lowest BCUT2D eigenvalue weighted by Gasteiger charge is -2.17. The van der Waals surface area contributed by atoms with E-state index in [4.69, 9.17) is 4.74 Å². The van der Waals surface area contributed by atoms with Crippen LogP contribution in [0.3, 0.4) is 0 Å². The first-order valence-corrected chi connectivity index (χ1v) is 8.34. The van der Waals surface area contributed by atoms with E-state index in [1.165, 1.54) is 12.8 Å². The third-order valence-electron chi connectivity index (χ3n) is 3.08. The van der Waals surface area contributed by atoms with Gasteiger partial charge in [-0.1, -0.05) is 6.92 Å². The summed E-state index contributed by atoms with van der Waals surface area (Å²) in [6.45, 7) is 3.54. The molecule has 0 aliphatic heterocycles. The van der Waals surface area contributed by atoms with Crippen LogP contribution in [0, 0.1) is 5.92 Å². The summed E-state index contributed by atoms with van der Waals surface area (Å²) < 4.78 is 28.7. The van der Waals surface area contributed by atoms with Crippen LogP contribution in [0.4, 0.5) is 0 Å². The summed E-state index contributed by atoms with van der Waals surface area (Å²) in [6, 6.07) is 0.169. The highest BCUT2D eigenvalue weighted by atomic mass is 32.2. The van der Waals surface area contributed by atoms with Gasteiger partial charge in [-0.2, -0.15) is 0 Å². The van der Waals surface area contributed by atoms with Crippen molar-refractivity contribution in [1.29, 1.82) is 0 Å². The van der Waals surface area contributed by atoms with Gasteiger partial charge in [0.1, 0.15) is 0 Å². The Balaban J connectivity index is 2.36. The molecule has 1 aliphatic carbocycles. The topological polar surface area (TPSA) is 55.4 Å². The first kappa shape index (κ1) is 14.9. The van der Waals surface area contributed by atoms with Crippen LogP contribution in [0.15, 0.2) is 0 Å². The molecule has 5 heteroatoms. The summed E-state index contributed by atoms with van der Waals surface area (Å²) in [7, 11) is -1.33. The van der Waals surface area contributed by atoms with E-state index >= 15 is 0 Å². The third kappa shape index (κ3) is 6.38. The van der Waals surface area contributed by atoms with Crippen molar-refractivity contribution in [3.05, 3.63) is 0 Å². The monoisotopic (exact) mass is 263 g/mol. The van der Waals surface area contributed by atoms with Crippen LogP contribution in [0.1, 0.15) is 32.6 Å². The molecule has 1 fully saturated rings. The molecular weight excluding hydrogens is 238 g/mol. The van der Waals surface area contributed by atoms with E-state index < -0.39 is 9.84 Å². The molecule has 0 bridgehead atoms. The number of methoxy groups -OCH3 is 1. The van der Waals surface area contributed by atoms with Crippen molar-refractivity contribution in [2.75, 3.05) is 31.8 Å². The highest BCUT2D eigenvalue weighted by Crippen LogP contribution is 2.33. The second kappa shape index (κ2) is 7.34. The second-order valence-corrected chi connectivity index (χ2v) is 7.09. The van der Waals surface area contributed by atoms with Gasteiger partial charge in [-0.05, 0) is 38.1 Å². The standard InChI is InChI=1S/C12H25NO3S/c1-3-7-13-12(11-5-6-11)10-17(14,15)9-4-8-16-2/h11-13H,3-10H2,1-2H3. The van der Waals surface area contributed by atoms with Crippen LogP contribution in [0.5, 0.6) is 0 Å². The van der Waals surface area contributed by atoms with Crippen LogP contribution < -0.4 is 5.32 Å². The van der Waals surface area contributed by atoms with Crippen LogP contribution in [0.2, 0.25) is 0 Å². The van der Waals surface area contributed by atoms with Crippen LogP contribution in [-0.4, -0.2) is 46.2 Å².